The van der Waals surface area contributed by atoms with E-state index < -0.39 is 35.9 Å². The number of carboxylic acids is 1. The number of amides is 3. The molecule has 1 aliphatic heterocycles. The van der Waals surface area contributed by atoms with Crippen molar-refractivity contribution >= 4 is 40.6 Å². The van der Waals surface area contributed by atoms with E-state index in [2.05, 4.69) is 31.2 Å². The number of fused-ring (bicyclic) bond motifs is 1. The van der Waals surface area contributed by atoms with Crippen molar-refractivity contribution in [2.75, 3.05) is 19.6 Å². The van der Waals surface area contributed by atoms with E-state index in [1.807, 2.05) is 24.3 Å². The van der Waals surface area contributed by atoms with Crippen molar-refractivity contribution in [1.29, 1.82) is 0 Å². The number of nitrogens with one attached hydrogen (secondary N) is 5. The molecular weight excluding hydrogens is 542 g/mol. The number of carbonyl (C=O) groups is 4. The summed E-state index contributed by atoms with van der Waals surface area (Å²) in [6.07, 6.45) is 5.37. The molecular formula is C28H43N9O5. The number of rotatable bonds is 17. The molecule has 14 heteroatoms. The second-order valence-corrected chi connectivity index (χ2v) is 10.5. The van der Waals surface area contributed by atoms with Gasteiger partial charge in [-0.3, -0.25) is 19.4 Å². The highest BCUT2D eigenvalue weighted by Gasteiger charge is 2.31. The number of aromatic amines is 1. The Balaban J connectivity index is 1.74. The first-order valence-corrected chi connectivity index (χ1v) is 14.4. The first-order valence-electron chi connectivity index (χ1n) is 14.4. The molecule has 1 aliphatic rings. The molecule has 0 aliphatic carbocycles. The van der Waals surface area contributed by atoms with Gasteiger partial charge in [0.1, 0.15) is 18.1 Å². The highest BCUT2D eigenvalue weighted by atomic mass is 16.4. The number of carbonyl (C=O) groups excluding carboxylic acids is 3. The number of H-pyrrole nitrogens is 1. The van der Waals surface area contributed by atoms with Crippen LogP contribution in [-0.2, 0) is 25.6 Å². The van der Waals surface area contributed by atoms with Crippen LogP contribution < -0.4 is 38.5 Å². The van der Waals surface area contributed by atoms with E-state index in [-0.39, 0.29) is 37.3 Å². The molecule has 4 atom stereocenters. The lowest BCUT2D eigenvalue weighted by Gasteiger charge is -2.25. The van der Waals surface area contributed by atoms with Crippen LogP contribution in [-0.4, -0.2) is 83.5 Å². The number of aliphatic imine (C=N–C) groups is 1. The van der Waals surface area contributed by atoms with Crippen LogP contribution in [0.5, 0.6) is 0 Å². The van der Waals surface area contributed by atoms with Crippen molar-refractivity contribution in [2.45, 2.75) is 75.5 Å². The fourth-order valence-corrected chi connectivity index (χ4v) is 4.98. The van der Waals surface area contributed by atoms with Gasteiger partial charge in [-0.25, -0.2) is 4.79 Å². The van der Waals surface area contributed by atoms with E-state index in [9.17, 15) is 24.3 Å². The summed E-state index contributed by atoms with van der Waals surface area (Å²) in [6, 6.07) is 3.86. The van der Waals surface area contributed by atoms with E-state index >= 15 is 0 Å². The van der Waals surface area contributed by atoms with Crippen LogP contribution in [0.3, 0.4) is 0 Å². The smallest absolute Gasteiger partial charge is 0.326 e. The Labute approximate surface area is 244 Å². The van der Waals surface area contributed by atoms with Crippen LogP contribution in [0.15, 0.2) is 35.5 Å². The van der Waals surface area contributed by atoms with Crippen LogP contribution >= 0.6 is 0 Å². The van der Waals surface area contributed by atoms with Crippen molar-refractivity contribution in [3.8, 4) is 0 Å². The normalized spacial score (nSPS) is 16.7. The molecule has 0 bridgehead atoms. The van der Waals surface area contributed by atoms with Crippen LogP contribution in [0.2, 0.25) is 0 Å². The number of carboxylic acid groups (broad SMARTS) is 1. The Bertz CT molecular complexity index is 1240. The minimum atomic E-state index is -1.25. The SMILES string of the molecule is NCCCC[C@H](NC(=O)[C@@H]1CCCN1)C(=O)N[C@@H](CCCN=C(N)N)C(=O)N[C@@H](Cc1c[nH]c2ccccc12)C(=O)O. The molecule has 230 valence electrons. The van der Waals surface area contributed by atoms with E-state index in [0.717, 1.165) is 29.4 Å². The number of hydrogen-bond acceptors (Lipinski definition) is 7. The van der Waals surface area contributed by atoms with Gasteiger partial charge in [0.15, 0.2) is 5.96 Å². The highest BCUT2D eigenvalue weighted by molar-refractivity contribution is 5.94. The van der Waals surface area contributed by atoms with Crippen molar-refractivity contribution in [3.05, 3.63) is 36.0 Å². The average molecular weight is 586 g/mol. The fraction of sp³-hybridized carbons (Fsp3) is 0.536. The molecule has 2 heterocycles. The Morgan fingerprint density at radius 2 is 1.67 bits per heavy atom. The monoisotopic (exact) mass is 585 g/mol. The van der Waals surface area contributed by atoms with Crippen molar-refractivity contribution in [3.63, 3.8) is 0 Å². The Kier molecular flexibility index (Phi) is 12.6. The molecule has 3 amide bonds. The molecule has 0 radical (unpaired) electrons. The lowest BCUT2D eigenvalue weighted by molar-refractivity contribution is -0.142. The zero-order valence-electron chi connectivity index (χ0n) is 23.7. The first kappa shape index (κ1) is 32.3. The second-order valence-electron chi connectivity index (χ2n) is 10.5. The summed E-state index contributed by atoms with van der Waals surface area (Å²) in [5.74, 6) is -2.80. The summed E-state index contributed by atoms with van der Waals surface area (Å²) < 4.78 is 0. The molecule has 42 heavy (non-hydrogen) atoms. The molecule has 1 saturated heterocycles. The number of nitrogens with zero attached hydrogens (tertiary/aromatic N) is 1. The number of nitrogens with two attached hydrogens (primary N) is 3. The Hall–Kier alpha value is -4.17. The maximum Gasteiger partial charge on any atom is 0.326 e. The quantitative estimate of drug-likeness (QED) is 0.0639. The van der Waals surface area contributed by atoms with Crippen molar-refractivity contribution in [1.82, 2.24) is 26.3 Å². The lowest BCUT2D eigenvalue weighted by atomic mass is 10.0. The highest BCUT2D eigenvalue weighted by Crippen LogP contribution is 2.19. The Morgan fingerprint density at radius 1 is 0.976 bits per heavy atom. The lowest BCUT2D eigenvalue weighted by Crippen LogP contribution is -2.57. The van der Waals surface area contributed by atoms with Gasteiger partial charge in [0.25, 0.3) is 0 Å². The molecule has 1 aromatic carbocycles. The number of aliphatic carboxylic acids is 1. The minimum Gasteiger partial charge on any atom is -0.480 e. The van der Waals surface area contributed by atoms with Crippen molar-refractivity contribution in [2.24, 2.45) is 22.2 Å². The summed E-state index contributed by atoms with van der Waals surface area (Å²) in [6.45, 7) is 1.38. The minimum absolute atomic E-state index is 0.0336. The predicted molar refractivity (Wildman–Crippen MR) is 159 cm³/mol. The van der Waals surface area contributed by atoms with Gasteiger partial charge in [0.05, 0.1) is 6.04 Å². The summed E-state index contributed by atoms with van der Waals surface area (Å²) >= 11 is 0. The van der Waals surface area contributed by atoms with Crippen LogP contribution in [0.25, 0.3) is 10.9 Å². The van der Waals surface area contributed by atoms with Crippen molar-refractivity contribution < 1.29 is 24.3 Å². The summed E-state index contributed by atoms with van der Waals surface area (Å²) in [5.41, 5.74) is 18.0. The maximum absolute atomic E-state index is 13.4. The van der Waals surface area contributed by atoms with Gasteiger partial charge in [-0.15, -0.1) is 0 Å². The van der Waals surface area contributed by atoms with Gasteiger partial charge in [0.2, 0.25) is 17.7 Å². The van der Waals surface area contributed by atoms with Gasteiger partial charge in [-0.2, -0.15) is 0 Å². The van der Waals surface area contributed by atoms with E-state index in [1.165, 1.54) is 0 Å². The molecule has 0 spiro atoms. The molecule has 0 saturated carbocycles. The molecule has 0 unspecified atom stereocenters. The zero-order chi connectivity index (χ0) is 30.5. The van der Waals surface area contributed by atoms with Gasteiger partial charge in [-0.05, 0) is 69.7 Å². The van der Waals surface area contributed by atoms with E-state index in [4.69, 9.17) is 17.2 Å². The largest absolute Gasteiger partial charge is 0.480 e. The average Bonchev–Trinajstić information content (AvgIpc) is 3.64. The Morgan fingerprint density at radius 3 is 2.33 bits per heavy atom. The number of aromatic nitrogens is 1. The fourth-order valence-electron chi connectivity index (χ4n) is 4.98. The second kappa shape index (κ2) is 16.3. The van der Waals surface area contributed by atoms with Gasteiger partial charge >= 0.3 is 5.97 Å². The summed E-state index contributed by atoms with van der Waals surface area (Å²) in [5, 5.41) is 22.0. The van der Waals surface area contributed by atoms with E-state index in [1.54, 1.807) is 6.20 Å². The van der Waals surface area contributed by atoms with Gasteiger partial charge in [0, 0.05) is 30.1 Å². The van der Waals surface area contributed by atoms with Crippen LogP contribution in [0.4, 0.5) is 0 Å². The zero-order valence-corrected chi connectivity index (χ0v) is 23.7. The third kappa shape index (κ3) is 9.73. The number of unbranched alkanes of at least 4 members (excludes halogenated alkanes) is 1. The predicted octanol–water partition coefficient (Wildman–Crippen LogP) is -0.816. The van der Waals surface area contributed by atoms with Gasteiger partial charge in [-0.1, -0.05) is 18.2 Å². The topological polar surface area (TPSA) is 243 Å². The third-order valence-electron chi connectivity index (χ3n) is 7.25. The van der Waals surface area contributed by atoms with Crippen LogP contribution in [0.1, 0.15) is 50.5 Å². The molecule has 12 N–H and O–H groups in total. The third-order valence-corrected chi connectivity index (χ3v) is 7.25. The number of hydrogen-bond donors (Lipinski definition) is 9. The maximum atomic E-state index is 13.4. The number of benzene rings is 1. The standard InChI is InChI=1S/C28H43N9O5/c29-12-4-3-9-21(35-24(38)20-10-5-13-32-20)25(39)36-22(11-6-14-33-28(30)31)26(40)37-23(27(41)42)15-17-16-34-19-8-2-1-7-18(17)19/h1-2,7-8,16,20-23,32,34H,3-6,9-15,29H2,(H,35,38)(H,36,39)(H,37,40)(H,41,42)(H4,30,31,33)/t20-,21-,22-,23-/m0/s1. The molecule has 1 aromatic heterocycles. The number of guanidine groups is 1. The number of para-hydroxylation sites is 1. The van der Waals surface area contributed by atoms with Crippen LogP contribution in [0, 0.1) is 0 Å². The summed E-state index contributed by atoms with van der Waals surface area (Å²) in [4.78, 5) is 58.8. The van der Waals surface area contributed by atoms with E-state index in [0.29, 0.717) is 38.6 Å². The molecule has 1 fully saturated rings. The summed E-state index contributed by atoms with van der Waals surface area (Å²) in [7, 11) is 0. The molecule has 14 nitrogen and oxygen atoms in total. The molecule has 3 rings (SSSR count). The van der Waals surface area contributed by atoms with Gasteiger partial charge < -0.3 is 48.6 Å². The molecule has 2 aromatic rings. The first-order chi connectivity index (χ1) is 20.2.